The van der Waals surface area contributed by atoms with E-state index in [-0.39, 0.29) is 0 Å². The Kier molecular flexibility index (Phi) is 4.04. The Labute approximate surface area is 101 Å². The molecule has 1 aliphatic carbocycles. The summed E-state index contributed by atoms with van der Waals surface area (Å²) >= 11 is 1.99. The molecule has 4 heteroatoms. The molecular weight excluding hydrogens is 218 g/mol. The number of rotatable bonds is 3. The standard InChI is InChI=1S/C12H19N3S/c1-9-6-7-12(15-14-9)13-10-4-3-5-11(8-10)16-2/h6-7,10-11H,3-5,8H2,1-2H3,(H,13,15). The van der Waals surface area contributed by atoms with Crippen molar-refractivity contribution in [1.82, 2.24) is 10.2 Å². The van der Waals surface area contributed by atoms with Crippen molar-refractivity contribution in [2.75, 3.05) is 11.6 Å². The molecule has 1 aromatic heterocycles. The number of hydrogen-bond donors (Lipinski definition) is 1. The number of hydrogen-bond acceptors (Lipinski definition) is 4. The Hall–Kier alpha value is -0.770. The highest BCUT2D eigenvalue weighted by Gasteiger charge is 2.21. The highest BCUT2D eigenvalue weighted by Crippen LogP contribution is 2.28. The molecule has 1 fully saturated rings. The van der Waals surface area contributed by atoms with Gasteiger partial charge in [-0.2, -0.15) is 16.9 Å². The molecule has 16 heavy (non-hydrogen) atoms. The monoisotopic (exact) mass is 237 g/mol. The average Bonchev–Trinajstić information content (AvgIpc) is 2.32. The lowest BCUT2D eigenvalue weighted by Gasteiger charge is -2.28. The summed E-state index contributed by atoms with van der Waals surface area (Å²) in [6, 6.07) is 4.60. The van der Waals surface area contributed by atoms with E-state index in [4.69, 9.17) is 0 Å². The third-order valence-electron chi connectivity index (χ3n) is 3.11. The van der Waals surface area contributed by atoms with E-state index in [1.165, 1.54) is 25.7 Å². The average molecular weight is 237 g/mol. The van der Waals surface area contributed by atoms with Gasteiger partial charge in [-0.3, -0.25) is 0 Å². The molecule has 0 aromatic carbocycles. The van der Waals surface area contributed by atoms with Crippen molar-refractivity contribution in [2.45, 2.75) is 43.9 Å². The van der Waals surface area contributed by atoms with Crippen molar-refractivity contribution in [1.29, 1.82) is 0 Å². The lowest BCUT2D eigenvalue weighted by molar-refractivity contribution is 0.472. The molecule has 1 saturated carbocycles. The summed E-state index contributed by atoms with van der Waals surface area (Å²) in [5.41, 5.74) is 0.969. The molecule has 88 valence electrons. The van der Waals surface area contributed by atoms with E-state index in [0.717, 1.165) is 16.8 Å². The largest absolute Gasteiger partial charge is 0.366 e. The van der Waals surface area contributed by atoms with Crippen molar-refractivity contribution in [3.8, 4) is 0 Å². The topological polar surface area (TPSA) is 37.8 Å². The van der Waals surface area contributed by atoms with Crippen LogP contribution in [0.15, 0.2) is 12.1 Å². The van der Waals surface area contributed by atoms with E-state index in [0.29, 0.717) is 6.04 Å². The van der Waals surface area contributed by atoms with Crippen LogP contribution in [-0.2, 0) is 0 Å². The van der Waals surface area contributed by atoms with Gasteiger partial charge in [0.05, 0.1) is 5.69 Å². The number of nitrogens with zero attached hydrogens (tertiary/aromatic N) is 2. The summed E-state index contributed by atoms with van der Waals surface area (Å²) < 4.78 is 0. The van der Waals surface area contributed by atoms with Gasteiger partial charge in [0.1, 0.15) is 5.82 Å². The van der Waals surface area contributed by atoms with Crippen LogP contribution >= 0.6 is 11.8 Å². The number of aryl methyl sites for hydroxylation is 1. The van der Waals surface area contributed by atoms with Crippen LogP contribution in [0.1, 0.15) is 31.4 Å². The molecule has 1 heterocycles. The number of thioether (sulfide) groups is 1. The van der Waals surface area contributed by atoms with Crippen molar-refractivity contribution in [2.24, 2.45) is 0 Å². The quantitative estimate of drug-likeness (QED) is 0.877. The second-order valence-corrected chi connectivity index (χ2v) is 5.56. The Balaban J connectivity index is 1.91. The van der Waals surface area contributed by atoms with Crippen LogP contribution in [0.3, 0.4) is 0 Å². The van der Waals surface area contributed by atoms with Gasteiger partial charge in [0, 0.05) is 11.3 Å². The fourth-order valence-corrected chi connectivity index (χ4v) is 3.00. The van der Waals surface area contributed by atoms with Crippen molar-refractivity contribution in [3.05, 3.63) is 17.8 Å². The molecule has 2 atom stereocenters. The van der Waals surface area contributed by atoms with Gasteiger partial charge in [-0.05, 0) is 44.6 Å². The maximum Gasteiger partial charge on any atom is 0.148 e. The van der Waals surface area contributed by atoms with Crippen LogP contribution in [0.2, 0.25) is 0 Å². The zero-order valence-corrected chi connectivity index (χ0v) is 10.8. The molecular formula is C12H19N3S. The van der Waals surface area contributed by atoms with E-state index in [1.54, 1.807) is 0 Å². The smallest absolute Gasteiger partial charge is 0.148 e. The van der Waals surface area contributed by atoms with Crippen LogP contribution < -0.4 is 5.32 Å². The lowest BCUT2D eigenvalue weighted by Crippen LogP contribution is -2.28. The fraction of sp³-hybridized carbons (Fsp3) is 0.667. The number of nitrogens with one attached hydrogen (secondary N) is 1. The van der Waals surface area contributed by atoms with Gasteiger partial charge < -0.3 is 5.32 Å². The molecule has 0 amide bonds. The Morgan fingerprint density at radius 2 is 2.19 bits per heavy atom. The summed E-state index contributed by atoms with van der Waals surface area (Å²) in [5.74, 6) is 0.914. The predicted octanol–water partition coefficient (Wildman–Crippen LogP) is 2.87. The van der Waals surface area contributed by atoms with E-state index in [9.17, 15) is 0 Å². The lowest BCUT2D eigenvalue weighted by atomic mass is 9.95. The zero-order valence-electron chi connectivity index (χ0n) is 9.94. The molecule has 2 rings (SSSR count). The second kappa shape index (κ2) is 5.53. The first-order valence-electron chi connectivity index (χ1n) is 5.87. The van der Waals surface area contributed by atoms with Crippen LogP contribution in [0, 0.1) is 6.92 Å². The molecule has 1 N–H and O–H groups in total. The maximum absolute atomic E-state index is 4.16. The Morgan fingerprint density at radius 1 is 1.31 bits per heavy atom. The molecule has 1 aliphatic rings. The Morgan fingerprint density at radius 3 is 2.88 bits per heavy atom. The SMILES string of the molecule is CSC1CCCC(Nc2ccc(C)nn2)C1. The zero-order chi connectivity index (χ0) is 11.4. The van der Waals surface area contributed by atoms with Crippen molar-refractivity contribution in [3.63, 3.8) is 0 Å². The van der Waals surface area contributed by atoms with E-state index >= 15 is 0 Å². The van der Waals surface area contributed by atoms with E-state index < -0.39 is 0 Å². The van der Waals surface area contributed by atoms with Gasteiger partial charge in [-0.1, -0.05) is 6.42 Å². The molecule has 0 saturated heterocycles. The normalized spacial score (nSPS) is 25.4. The first-order chi connectivity index (χ1) is 7.78. The summed E-state index contributed by atoms with van der Waals surface area (Å²) in [5, 5.41) is 12.5. The Bertz CT molecular complexity index is 326. The molecule has 2 unspecified atom stereocenters. The van der Waals surface area contributed by atoms with E-state index in [1.807, 2.05) is 30.8 Å². The first kappa shape index (κ1) is 11.7. The molecule has 0 radical (unpaired) electrons. The van der Waals surface area contributed by atoms with Gasteiger partial charge >= 0.3 is 0 Å². The molecule has 0 spiro atoms. The highest BCUT2D eigenvalue weighted by molar-refractivity contribution is 7.99. The van der Waals surface area contributed by atoms with Gasteiger partial charge in [0.15, 0.2) is 0 Å². The summed E-state index contributed by atoms with van der Waals surface area (Å²) in [6.07, 6.45) is 7.39. The van der Waals surface area contributed by atoms with Crippen molar-refractivity contribution >= 4 is 17.6 Å². The minimum absolute atomic E-state index is 0.572. The van der Waals surface area contributed by atoms with Crippen LogP contribution in [0.5, 0.6) is 0 Å². The predicted molar refractivity (Wildman–Crippen MR) is 70.0 cm³/mol. The summed E-state index contributed by atoms with van der Waals surface area (Å²) in [6.45, 7) is 1.96. The molecule has 3 nitrogen and oxygen atoms in total. The van der Waals surface area contributed by atoms with Crippen LogP contribution in [0.25, 0.3) is 0 Å². The third kappa shape index (κ3) is 3.11. The van der Waals surface area contributed by atoms with Gasteiger partial charge in [0.25, 0.3) is 0 Å². The minimum Gasteiger partial charge on any atom is -0.366 e. The van der Waals surface area contributed by atoms with Gasteiger partial charge in [0.2, 0.25) is 0 Å². The maximum atomic E-state index is 4.16. The first-order valence-corrected chi connectivity index (χ1v) is 7.16. The number of aromatic nitrogens is 2. The number of anilines is 1. The van der Waals surface area contributed by atoms with Gasteiger partial charge in [-0.15, -0.1) is 5.10 Å². The summed E-state index contributed by atoms with van der Waals surface area (Å²) in [7, 11) is 0. The molecule has 1 aromatic rings. The second-order valence-electron chi connectivity index (χ2n) is 4.43. The molecule has 0 aliphatic heterocycles. The molecule has 0 bridgehead atoms. The van der Waals surface area contributed by atoms with Gasteiger partial charge in [-0.25, -0.2) is 0 Å². The van der Waals surface area contributed by atoms with Crippen LogP contribution in [0.4, 0.5) is 5.82 Å². The van der Waals surface area contributed by atoms with E-state index in [2.05, 4.69) is 21.8 Å². The van der Waals surface area contributed by atoms with Crippen LogP contribution in [-0.4, -0.2) is 27.7 Å². The summed E-state index contributed by atoms with van der Waals surface area (Å²) in [4.78, 5) is 0. The van der Waals surface area contributed by atoms with Crippen molar-refractivity contribution < 1.29 is 0 Å². The third-order valence-corrected chi connectivity index (χ3v) is 4.20. The highest BCUT2D eigenvalue weighted by atomic mass is 32.2. The fourth-order valence-electron chi connectivity index (χ4n) is 2.18. The minimum atomic E-state index is 0.572.